The highest BCUT2D eigenvalue weighted by atomic mass is 79.9. The summed E-state index contributed by atoms with van der Waals surface area (Å²) in [6.45, 7) is 2.25. The summed E-state index contributed by atoms with van der Waals surface area (Å²) in [4.78, 5) is 32.2. The van der Waals surface area contributed by atoms with E-state index in [0.717, 1.165) is 34.3 Å². The maximum Gasteiger partial charge on any atom is 0.256 e. The topological polar surface area (TPSA) is 69.9 Å². The molecule has 0 unspecified atom stereocenters. The van der Waals surface area contributed by atoms with Crippen LogP contribution in [0.1, 0.15) is 10.4 Å². The Morgan fingerprint density at radius 1 is 1.31 bits per heavy atom. The Kier molecular flexibility index (Phi) is 5.31. The average molecular weight is 420 g/mol. The third-order valence-electron chi connectivity index (χ3n) is 4.36. The van der Waals surface area contributed by atoms with Gasteiger partial charge in [-0.1, -0.05) is 22.0 Å². The number of carbonyl (C=O) groups is 2. The van der Waals surface area contributed by atoms with Crippen molar-refractivity contribution in [2.75, 3.05) is 40.8 Å². The van der Waals surface area contributed by atoms with Crippen molar-refractivity contribution in [1.29, 1.82) is 0 Å². The van der Waals surface area contributed by atoms with Crippen LogP contribution in [0.3, 0.4) is 0 Å². The van der Waals surface area contributed by atoms with Gasteiger partial charge >= 0.3 is 0 Å². The highest BCUT2D eigenvalue weighted by molar-refractivity contribution is 9.10. The molecule has 1 aromatic carbocycles. The molecule has 26 heavy (non-hydrogen) atoms. The standard InChI is InChI=1S/C18H22BrN5O2/c1-22(2)17(25)11-23(3)18(26)14-9-24(10-16-20-6-7-21-16)15-8-12(19)4-5-13(14)15/h4-5,8-9H,6-7,10-11H2,1-3H3,(H,20,21). The number of aliphatic imine (C=N–C) groups is 1. The van der Waals surface area contributed by atoms with Crippen molar-refractivity contribution < 1.29 is 9.59 Å². The molecule has 7 nitrogen and oxygen atoms in total. The van der Waals surface area contributed by atoms with Crippen LogP contribution in [-0.4, -0.2) is 72.8 Å². The summed E-state index contributed by atoms with van der Waals surface area (Å²) >= 11 is 3.50. The van der Waals surface area contributed by atoms with E-state index in [1.807, 2.05) is 29.0 Å². The number of benzene rings is 1. The minimum absolute atomic E-state index is 0.0449. The van der Waals surface area contributed by atoms with Gasteiger partial charge in [0.1, 0.15) is 5.84 Å². The third-order valence-corrected chi connectivity index (χ3v) is 4.85. The Hall–Kier alpha value is -2.35. The Morgan fingerprint density at radius 2 is 2.08 bits per heavy atom. The first kappa shape index (κ1) is 18.4. The lowest BCUT2D eigenvalue weighted by atomic mass is 10.1. The number of nitrogens with zero attached hydrogens (tertiary/aromatic N) is 4. The summed E-state index contributed by atoms with van der Waals surface area (Å²) in [6, 6.07) is 5.83. The number of aromatic nitrogens is 1. The van der Waals surface area contributed by atoms with Gasteiger partial charge in [0, 0.05) is 43.7 Å². The van der Waals surface area contributed by atoms with E-state index < -0.39 is 0 Å². The van der Waals surface area contributed by atoms with Crippen LogP contribution in [0.2, 0.25) is 0 Å². The minimum Gasteiger partial charge on any atom is -0.370 e. The Labute approximate surface area is 160 Å². The number of fused-ring (bicyclic) bond motifs is 1. The quantitative estimate of drug-likeness (QED) is 0.799. The van der Waals surface area contributed by atoms with Crippen molar-refractivity contribution in [2.45, 2.75) is 6.54 Å². The lowest BCUT2D eigenvalue weighted by molar-refractivity contribution is -0.129. The molecule has 0 saturated heterocycles. The van der Waals surface area contributed by atoms with E-state index >= 15 is 0 Å². The van der Waals surface area contributed by atoms with Crippen LogP contribution < -0.4 is 5.32 Å². The zero-order chi connectivity index (χ0) is 18.8. The smallest absolute Gasteiger partial charge is 0.256 e. The predicted octanol–water partition coefficient (Wildman–Crippen LogP) is 1.57. The van der Waals surface area contributed by atoms with Crippen molar-refractivity contribution in [1.82, 2.24) is 19.7 Å². The van der Waals surface area contributed by atoms with E-state index in [1.165, 1.54) is 9.80 Å². The number of nitrogens with one attached hydrogen (secondary N) is 1. The molecule has 3 rings (SSSR count). The molecule has 1 aliphatic heterocycles. The minimum atomic E-state index is -0.174. The predicted molar refractivity (Wildman–Crippen MR) is 106 cm³/mol. The summed E-state index contributed by atoms with van der Waals surface area (Å²) in [7, 11) is 5.01. The molecular formula is C18H22BrN5O2. The van der Waals surface area contributed by atoms with E-state index in [-0.39, 0.29) is 18.4 Å². The van der Waals surface area contributed by atoms with Crippen molar-refractivity contribution in [3.63, 3.8) is 0 Å². The number of hydrogen-bond acceptors (Lipinski definition) is 4. The summed E-state index contributed by atoms with van der Waals surface area (Å²) in [5.74, 6) is 0.626. The number of rotatable bonds is 5. The van der Waals surface area contributed by atoms with Crippen molar-refractivity contribution >= 4 is 44.5 Å². The van der Waals surface area contributed by atoms with Gasteiger partial charge in [-0.15, -0.1) is 0 Å². The summed E-state index contributed by atoms with van der Waals surface area (Å²) in [6.07, 6.45) is 1.85. The maximum absolute atomic E-state index is 12.9. The molecule has 1 aromatic heterocycles. The van der Waals surface area contributed by atoms with Gasteiger partial charge in [0.15, 0.2) is 0 Å². The molecule has 0 fully saturated rings. The first-order chi connectivity index (χ1) is 12.4. The molecular weight excluding hydrogens is 398 g/mol. The molecule has 2 heterocycles. The number of hydrogen-bond donors (Lipinski definition) is 1. The monoisotopic (exact) mass is 419 g/mol. The molecule has 2 aromatic rings. The molecule has 1 N–H and O–H groups in total. The molecule has 1 aliphatic rings. The van der Waals surface area contributed by atoms with Gasteiger partial charge in [0.25, 0.3) is 5.91 Å². The Bertz CT molecular complexity index is 887. The molecule has 8 heteroatoms. The van der Waals surface area contributed by atoms with Crippen LogP contribution in [0.5, 0.6) is 0 Å². The number of carbonyl (C=O) groups excluding carboxylic acids is 2. The van der Waals surface area contributed by atoms with Gasteiger partial charge in [-0.25, -0.2) is 0 Å². The molecule has 0 spiro atoms. The fourth-order valence-corrected chi connectivity index (χ4v) is 3.25. The SMILES string of the molecule is CN(C)C(=O)CN(C)C(=O)c1cn(CC2=NCCN2)c2cc(Br)ccc12. The van der Waals surface area contributed by atoms with Crippen molar-refractivity contribution in [2.24, 2.45) is 4.99 Å². The zero-order valence-electron chi connectivity index (χ0n) is 15.1. The summed E-state index contributed by atoms with van der Waals surface area (Å²) < 4.78 is 2.97. The van der Waals surface area contributed by atoms with Crippen LogP contribution in [-0.2, 0) is 11.3 Å². The van der Waals surface area contributed by atoms with Gasteiger partial charge in [-0.3, -0.25) is 14.6 Å². The molecule has 2 amide bonds. The maximum atomic E-state index is 12.9. The fourth-order valence-electron chi connectivity index (χ4n) is 2.90. The largest absolute Gasteiger partial charge is 0.370 e. The summed E-state index contributed by atoms with van der Waals surface area (Å²) in [5.41, 5.74) is 1.53. The molecule has 0 bridgehead atoms. The second-order valence-corrected chi connectivity index (χ2v) is 7.45. The molecule has 0 saturated carbocycles. The summed E-state index contributed by atoms with van der Waals surface area (Å²) in [5, 5.41) is 4.12. The van der Waals surface area contributed by atoms with E-state index in [1.54, 1.807) is 21.1 Å². The second-order valence-electron chi connectivity index (χ2n) is 6.54. The Morgan fingerprint density at radius 3 is 2.73 bits per heavy atom. The van der Waals surface area contributed by atoms with Crippen molar-refractivity contribution in [3.8, 4) is 0 Å². The molecule has 0 atom stereocenters. The van der Waals surface area contributed by atoms with E-state index in [9.17, 15) is 9.59 Å². The Balaban J connectivity index is 1.94. The van der Waals surface area contributed by atoms with Gasteiger partial charge < -0.3 is 19.7 Å². The van der Waals surface area contributed by atoms with Crippen LogP contribution in [0, 0.1) is 0 Å². The van der Waals surface area contributed by atoms with Crippen LogP contribution in [0.4, 0.5) is 0 Å². The second kappa shape index (κ2) is 7.49. The fraction of sp³-hybridized carbons (Fsp3) is 0.389. The zero-order valence-corrected chi connectivity index (χ0v) is 16.7. The third kappa shape index (κ3) is 3.75. The van der Waals surface area contributed by atoms with E-state index in [2.05, 4.69) is 26.2 Å². The van der Waals surface area contributed by atoms with E-state index in [0.29, 0.717) is 12.1 Å². The van der Waals surface area contributed by atoms with Crippen molar-refractivity contribution in [3.05, 3.63) is 34.4 Å². The van der Waals surface area contributed by atoms with Crippen LogP contribution in [0.15, 0.2) is 33.9 Å². The highest BCUT2D eigenvalue weighted by Crippen LogP contribution is 2.26. The van der Waals surface area contributed by atoms with Gasteiger partial charge in [-0.2, -0.15) is 0 Å². The molecule has 138 valence electrons. The number of halogens is 1. The van der Waals surface area contributed by atoms with Crippen LogP contribution in [0.25, 0.3) is 10.9 Å². The van der Waals surface area contributed by atoms with Gasteiger partial charge in [-0.05, 0) is 12.1 Å². The normalized spacial score (nSPS) is 13.5. The highest BCUT2D eigenvalue weighted by Gasteiger charge is 2.21. The lowest BCUT2D eigenvalue weighted by Gasteiger charge is -2.19. The number of amides is 2. The molecule has 0 aliphatic carbocycles. The molecule has 0 radical (unpaired) electrons. The lowest BCUT2D eigenvalue weighted by Crippen LogP contribution is -2.37. The van der Waals surface area contributed by atoms with Gasteiger partial charge in [0.2, 0.25) is 5.91 Å². The van der Waals surface area contributed by atoms with E-state index in [4.69, 9.17) is 0 Å². The van der Waals surface area contributed by atoms with Gasteiger partial charge in [0.05, 0.1) is 30.7 Å². The van der Waals surface area contributed by atoms with Crippen LogP contribution >= 0.6 is 15.9 Å². The first-order valence-electron chi connectivity index (χ1n) is 8.38. The average Bonchev–Trinajstić information content (AvgIpc) is 3.22. The number of likely N-dealkylation sites (N-methyl/N-ethyl adjacent to an activating group) is 2. The first-order valence-corrected chi connectivity index (χ1v) is 9.17. The number of amidine groups is 1.